The first-order valence-electron chi connectivity index (χ1n) is 7.57. The van der Waals surface area contributed by atoms with Gasteiger partial charge in [0.2, 0.25) is 5.91 Å². The quantitative estimate of drug-likeness (QED) is 0.784. The predicted molar refractivity (Wildman–Crippen MR) is 90.2 cm³/mol. The van der Waals surface area contributed by atoms with Crippen LogP contribution in [0.5, 0.6) is 0 Å². The van der Waals surface area contributed by atoms with E-state index in [9.17, 15) is 13.2 Å². The van der Waals surface area contributed by atoms with Crippen LogP contribution in [-0.2, 0) is 14.6 Å². The molecule has 2 N–H and O–H groups in total. The van der Waals surface area contributed by atoms with Gasteiger partial charge in [0.15, 0.2) is 9.84 Å². The first-order chi connectivity index (χ1) is 9.33. The van der Waals surface area contributed by atoms with Gasteiger partial charge < -0.3 is 10.6 Å². The van der Waals surface area contributed by atoms with E-state index in [0.717, 1.165) is 0 Å². The minimum absolute atomic E-state index is 0.0133. The Bertz CT molecular complexity index is 390. The molecule has 0 radical (unpaired) electrons. The second-order valence-electron chi connectivity index (χ2n) is 6.83. The minimum Gasteiger partial charge on any atom is -0.355 e. The third kappa shape index (κ3) is 14.1. The van der Waals surface area contributed by atoms with Crippen LogP contribution in [0.1, 0.15) is 55.4 Å². The van der Waals surface area contributed by atoms with Crippen molar-refractivity contribution in [1.82, 2.24) is 10.6 Å². The fourth-order valence-electron chi connectivity index (χ4n) is 1.27. The molecule has 0 aliphatic carbocycles. The van der Waals surface area contributed by atoms with Gasteiger partial charge >= 0.3 is 0 Å². The fraction of sp³-hybridized carbons (Fsp3) is 0.933. The molecule has 1 amide bonds. The first-order valence-corrected chi connectivity index (χ1v) is 9.39. The Balaban J connectivity index is 0. The number of hydrogen-bond donors (Lipinski definition) is 2. The van der Waals surface area contributed by atoms with Crippen molar-refractivity contribution in [2.75, 3.05) is 24.6 Å². The molecule has 0 unspecified atom stereocenters. The van der Waals surface area contributed by atoms with Gasteiger partial charge in [-0.1, -0.05) is 34.6 Å². The predicted octanol–water partition coefficient (Wildman–Crippen LogP) is 1.98. The summed E-state index contributed by atoms with van der Waals surface area (Å²) in [6.45, 7) is 16.0. The Morgan fingerprint density at radius 2 is 1.33 bits per heavy atom. The average molecular weight is 323 g/mol. The van der Waals surface area contributed by atoms with Gasteiger partial charge in [-0.3, -0.25) is 4.79 Å². The van der Waals surface area contributed by atoms with E-state index in [0.29, 0.717) is 6.54 Å². The van der Waals surface area contributed by atoms with Gasteiger partial charge in [0.05, 0.1) is 11.5 Å². The van der Waals surface area contributed by atoms with Crippen LogP contribution in [0.2, 0.25) is 0 Å². The molecule has 21 heavy (non-hydrogen) atoms. The molecule has 0 aliphatic rings. The van der Waals surface area contributed by atoms with Crippen molar-refractivity contribution in [3.8, 4) is 0 Å². The summed E-state index contributed by atoms with van der Waals surface area (Å²) >= 11 is 0. The molecule has 0 fully saturated rings. The lowest BCUT2D eigenvalue weighted by Gasteiger charge is -2.20. The van der Waals surface area contributed by atoms with Crippen LogP contribution in [0.15, 0.2) is 0 Å². The normalized spacial score (nSPS) is 12.4. The van der Waals surface area contributed by atoms with Crippen molar-refractivity contribution < 1.29 is 13.2 Å². The zero-order valence-corrected chi connectivity index (χ0v) is 15.8. The standard InChI is InChI=1S/C13H28N2O3S.C2H6/c1-12(2,3)11(16)14-7-9-19(17,18)10-8-15-13(4,5)6;1-2/h15H,7-10H2,1-6H3,(H,14,16);1-2H3. The fourth-order valence-corrected chi connectivity index (χ4v) is 2.30. The van der Waals surface area contributed by atoms with E-state index in [1.165, 1.54) is 0 Å². The lowest BCUT2D eigenvalue weighted by atomic mass is 9.96. The molecule has 0 aromatic rings. The Morgan fingerprint density at radius 1 is 0.905 bits per heavy atom. The van der Waals surface area contributed by atoms with E-state index in [1.807, 2.05) is 34.6 Å². The molecule has 6 heteroatoms. The lowest BCUT2D eigenvalue weighted by Crippen LogP contribution is -2.40. The smallest absolute Gasteiger partial charge is 0.225 e. The molecule has 5 nitrogen and oxygen atoms in total. The number of sulfone groups is 1. The zero-order valence-electron chi connectivity index (χ0n) is 15.0. The van der Waals surface area contributed by atoms with Gasteiger partial charge in [-0.2, -0.15) is 0 Å². The molecule has 0 aromatic heterocycles. The highest BCUT2D eigenvalue weighted by molar-refractivity contribution is 7.91. The Labute approximate surface area is 131 Å². The largest absolute Gasteiger partial charge is 0.355 e. The molecule has 0 bridgehead atoms. The molecule has 0 spiro atoms. The zero-order chi connectivity index (χ0) is 17.3. The summed E-state index contributed by atoms with van der Waals surface area (Å²) in [5.41, 5.74) is -0.576. The maximum absolute atomic E-state index is 11.8. The van der Waals surface area contributed by atoms with Crippen LogP contribution in [0.3, 0.4) is 0 Å². The summed E-state index contributed by atoms with van der Waals surface area (Å²) in [6.07, 6.45) is 0. The van der Waals surface area contributed by atoms with E-state index in [2.05, 4.69) is 10.6 Å². The summed E-state index contributed by atoms with van der Waals surface area (Å²) < 4.78 is 23.5. The number of hydrogen-bond acceptors (Lipinski definition) is 4. The number of amides is 1. The van der Waals surface area contributed by atoms with Crippen molar-refractivity contribution in [3.63, 3.8) is 0 Å². The molecule has 0 atom stereocenters. The maximum Gasteiger partial charge on any atom is 0.225 e. The van der Waals surface area contributed by atoms with Crippen molar-refractivity contribution >= 4 is 15.7 Å². The highest BCUT2D eigenvalue weighted by atomic mass is 32.2. The van der Waals surface area contributed by atoms with Crippen molar-refractivity contribution in [2.24, 2.45) is 5.41 Å². The Kier molecular flexibility index (Phi) is 10.2. The van der Waals surface area contributed by atoms with Crippen LogP contribution in [0.25, 0.3) is 0 Å². The Hall–Kier alpha value is -0.620. The second-order valence-corrected chi connectivity index (χ2v) is 9.14. The summed E-state index contributed by atoms with van der Waals surface area (Å²) in [6, 6.07) is 0. The number of carbonyl (C=O) groups is 1. The molecule has 0 aromatic carbocycles. The van der Waals surface area contributed by atoms with Gasteiger partial charge in [-0.15, -0.1) is 0 Å². The van der Waals surface area contributed by atoms with E-state index in [4.69, 9.17) is 0 Å². The van der Waals surface area contributed by atoms with E-state index in [1.54, 1.807) is 20.8 Å². The van der Waals surface area contributed by atoms with Gasteiger partial charge in [0.1, 0.15) is 0 Å². The highest BCUT2D eigenvalue weighted by Gasteiger charge is 2.21. The third-order valence-electron chi connectivity index (χ3n) is 2.45. The van der Waals surface area contributed by atoms with Crippen LogP contribution in [0, 0.1) is 5.41 Å². The maximum atomic E-state index is 11.8. The molecule has 0 aliphatic heterocycles. The van der Waals surface area contributed by atoms with Gasteiger partial charge in [-0.05, 0) is 20.8 Å². The molecule has 0 rings (SSSR count). The number of carbonyl (C=O) groups excluding carboxylic acids is 1. The van der Waals surface area contributed by atoms with Crippen molar-refractivity contribution in [2.45, 2.75) is 60.9 Å². The molecule has 128 valence electrons. The summed E-state index contributed by atoms with van der Waals surface area (Å²) in [4.78, 5) is 11.6. The number of rotatable bonds is 6. The van der Waals surface area contributed by atoms with Crippen LogP contribution in [-0.4, -0.2) is 44.5 Å². The van der Waals surface area contributed by atoms with E-state index >= 15 is 0 Å². The lowest BCUT2D eigenvalue weighted by molar-refractivity contribution is -0.128. The molecular weight excluding hydrogens is 288 g/mol. The molecule has 0 heterocycles. The summed E-state index contributed by atoms with van der Waals surface area (Å²) in [5, 5.41) is 5.78. The summed E-state index contributed by atoms with van der Waals surface area (Å²) in [7, 11) is -3.12. The Morgan fingerprint density at radius 3 is 1.71 bits per heavy atom. The number of nitrogens with one attached hydrogen (secondary N) is 2. The average Bonchev–Trinajstić information content (AvgIpc) is 2.27. The van der Waals surface area contributed by atoms with Gasteiger partial charge in [-0.25, -0.2) is 8.42 Å². The van der Waals surface area contributed by atoms with Crippen molar-refractivity contribution in [1.29, 1.82) is 0 Å². The van der Waals surface area contributed by atoms with Gasteiger partial charge in [0, 0.05) is 24.0 Å². The highest BCUT2D eigenvalue weighted by Crippen LogP contribution is 2.12. The SMILES string of the molecule is CC.CC(C)(C)NCCS(=O)(=O)CCNC(=O)C(C)(C)C. The van der Waals surface area contributed by atoms with Crippen LogP contribution in [0.4, 0.5) is 0 Å². The van der Waals surface area contributed by atoms with Crippen LogP contribution < -0.4 is 10.6 Å². The molecule has 0 saturated carbocycles. The topological polar surface area (TPSA) is 75.3 Å². The molecule has 0 saturated heterocycles. The van der Waals surface area contributed by atoms with E-state index < -0.39 is 15.3 Å². The first kappa shape index (κ1) is 22.7. The second kappa shape index (κ2) is 9.41. The minimum atomic E-state index is -3.12. The molecular formula is C15H34N2O3S. The van der Waals surface area contributed by atoms with E-state index in [-0.39, 0.29) is 29.5 Å². The summed E-state index contributed by atoms with van der Waals surface area (Å²) in [5.74, 6) is -0.0495. The monoisotopic (exact) mass is 322 g/mol. The van der Waals surface area contributed by atoms with Crippen molar-refractivity contribution in [3.05, 3.63) is 0 Å². The van der Waals surface area contributed by atoms with Gasteiger partial charge in [0.25, 0.3) is 0 Å². The third-order valence-corrected chi connectivity index (χ3v) is 4.10. The van der Waals surface area contributed by atoms with Crippen LogP contribution >= 0.6 is 0 Å².